The van der Waals surface area contributed by atoms with Gasteiger partial charge in [-0.1, -0.05) is 23.7 Å². The second-order valence-electron chi connectivity index (χ2n) is 4.83. The molecule has 0 unspecified atom stereocenters. The fraction of sp³-hybridized carbons (Fsp3) is 0.214. The van der Waals surface area contributed by atoms with Gasteiger partial charge in [-0.25, -0.2) is 15.3 Å². The number of hydrogen-bond acceptors (Lipinski definition) is 5. The number of anilines is 1. The lowest BCUT2D eigenvalue weighted by atomic mass is 10.4. The molecule has 2 aromatic rings. The van der Waals surface area contributed by atoms with Gasteiger partial charge in [-0.3, -0.25) is 5.73 Å². The molecule has 3 N–H and O–H groups in total. The van der Waals surface area contributed by atoms with Gasteiger partial charge in [0.1, 0.15) is 12.0 Å². The molecule has 1 aromatic heterocycles. The van der Waals surface area contributed by atoms with Crippen LogP contribution in [0, 0.1) is 13.8 Å². The van der Waals surface area contributed by atoms with Crippen LogP contribution in [0.15, 0.2) is 35.2 Å². The summed E-state index contributed by atoms with van der Waals surface area (Å²) < 4.78 is 25.9. The Kier molecular flexibility index (Phi) is 5.25. The number of nitrogens with one attached hydrogen (secondary N) is 1. The van der Waals surface area contributed by atoms with Crippen molar-refractivity contribution in [1.29, 1.82) is 0 Å². The predicted octanol–water partition coefficient (Wildman–Crippen LogP) is 1.44. The molecule has 24 heavy (non-hydrogen) atoms. The van der Waals surface area contributed by atoms with Gasteiger partial charge in [0.25, 0.3) is 5.95 Å². The van der Waals surface area contributed by atoms with Crippen molar-refractivity contribution in [2.24, 2.45) is 5.73 Å². The highest BCUT2D eigenvalue weighted by atomic mass is 35.5. The highest BCUT2D eigenvalue weighted by molar-refractivity contribution is 7.85. The number of nitrogens with two attached hydrogens (primary N) is 1. The van der Waals surface area contributed by atoms with Crippen molar-refractivity contribution in [2.45, 2.75) is 18.7 Å². The molecular weight excluding hydrogens is 354 g/mol. The zero-order valence-corrected chi connectivity index (χ0v) is 14.9. The van der Waals surface area contributed by atoms with Gasteiger partial charge in [-0.05, 0) is 32.0 Å². The van der Waals surface area contributed by atoms with Crippen molar-refractivity contribution < 1.29 is 17.4 Å². The van der Waals surface area contributed by atoms with Crippen LogP contribution in [0.2, 0.25) is 5.02 Å². The monoisotopic (exact) mass is 370 g/mol. The predicted molar refractivity (Wildman–Crippen MR) is 90.2 cm³/mol. The van der Waals surface area contributed by atoms with Gasteiger partial charge >= 0.3 is 16.0 Å². The minimum absolute atomic E-state index is 0.0509. The van der Waals surface area contributed by atoms with Crippen molar-refractivity contribution in [3.63, 3.8) is 0 Å². The number of halogens is 1. The summed E-state index contributed by atoms with van der Waals surface area (Å²) >= 11 is 5.96. The SMILES string of the molecule is CO[N+](=C(N)Nc1nc(C)cc(C)n1)S(=O)(=O)c1ccccc1Cl. The molecule has 0 amide bonds. The Morgan fingerprint density at radius 3 is 2.38 bits per heavy atom. The van der Waals surface area contributed by atoms with E-state index in [4.69, 9.17) is 22.2 Å². The molecule has 2 rings (SSSR count). The summed E-state index contributed by atoms with van der Waals surface area (Å²) in [7, 11) is -2.95. The Hall–Kier alpha value is -2.39. The van der Waals surface area contributed by atoms with Gasteiger partial charge in [0.15, 0.2) is 0 Å². The highest BCUT2D eigenvalue weighted by Gasteiger charge is 2.30. The van der Waals surface area contributed by atoms with Gasteiger partial charge in [0.2, 0.25) is 0 Å². The van der Waals surface area contributed by atoms with Crippen molar-refractivity contribution in [2.75, 3.05) is 12.4 Å². The van der Waals surface area contributed by atoms with E-state index in [2.05, 4.69) is 15.3 Å². The van der Waals surface area contributed by atoms with E-state index < -0.39 is 10.0 Å². The van der Waals surface area contributed by atoms with Crippen molar-refractivity contribution >= 4 is 33.5 Å². The van der Waals surface area contributed by atoms with Gasteiger partial charge in [-0.15, -0.1) is 0 Å². The van der Waals surface area contributed by atoms with E-state index in [1.807, 2.05) is 0 Å². The quantitative estimate of drug-likeness (QED) is 0.362. The van der Waals surface area contributed by atoms with Gasteiger partial charge < -0.3 is 4.84 Å². The van der Waals surface area contributed by atoms with E-state index in [0.717, 1.165) is 0 Å². The third kappa shape index (κ3) is 3.74. The molecule has 1 heterocycles. The molecule has 8 nitrogen and oxygen atoms in total. The molecule has 0 fully saturated rings. The molecule has 0 radical (unpaired) electrons. The van der Waals surface area contributed by atoms with E-state index in [-0.39, 0.29) is 21.8 Å². The number of rotatable bonds is 4. The average Bonchev–Trinajstić information content (AvgIpc) is 2.46. The van der Waals surface area contributed by atoms with Crippen molar-refractivity contribution in [3.8, 4) is 0 Å². The number of hydrogen-bond donors (Lipinski definition) is 2. The molecule has 0 spiro atoms. The number of aromatic nitrogens is 2. The molecule has 0 saturated heterocycles. The van der Waals surface area contributed by atoms with Gasteiger partial charge in [0, 0.05) is 15.5 Å². The molecule has 0 aliphatic carbocycles. The van der Waals surface area contributed by atoms with Crippen LogP contribution < -0.4 is 11.1 Å². The summed E-state index contributed by atoms with van der Waals surface area (Å²) in [5.74, 6) is -0.163. The number of benzene rings is 1. The van der Waals surface area contributed by atoms with Crippen LogP contribution in [0.25, 0.3) is 0 Å². The fourth-order valence-electron chi connectivity index (χ4n) is 2.01. The first kappa shape index (κ1) is 18.0. The maximum atomic E-state index is 12.7. The molecule has 0 saturated carbocycles. The molecule has 128 valence electrons. The first-order chi connectivity index (χ1) is 11.3. The summed E-state index contributed by atoms with van der Waals surface area (Å²) in [6.07, 6.45) is 0. The van der Waals surface area contributed by atoms with Crippen LogP contribution in [-0.4, -0.2) is 35.6 Å². The first-order valence-electron chi connectivity index (χ1n) is 6.81. The van der Waals surface area contributed by atoms with Gasteiger partial charge in [0.05, 0.1) is 5.02 Å². The number of guanidine groups is 1. The van der Waals surface area contributed by atoms with Crippen molar-refractivity contribution in [1.82, 2.24) is 9.97 Å². The molecular formula is C14H17ClN5O3S+. The highest BCUT2D eigenvalue weighted by Crippen LogP contribution is 2.22. The number of aryl methyl sites for hydroxylation is 2. The normalized spacial score (nSPS) is 12.5. The van der Waals surface area contributed by atoms with E-state index in [1.54, 1.807) is 32.0 Å². The standard InChI is InChI=1S/C14H16ClN5O3S/c1-9-8-10(2)18-14(17-9)19-13(16)20(23-3)24(21,22)12-7-5-4-6-11(12)15/h4-8H,1-3H3,(H2,16,17,18,19)/p+1. The maximum Gasteiger partial charge on any atom is 0.404 e. The van der Waals surface area contributed by atoms with Gasteiger partial charge in [-0.2, -0.15) is 8.42 Å². The Balaban J connectivity index is 2.48. The van der Waals surface area contributed by atoms with Crippen LogP contribution in [0.1, 0.15) is 11.4 Å². The zero-order chi connectivity index (χ0) is 17.9. The minimum atomic E-state index is -4.12. The van der Waals surface area contributed by atoms with Crippen LogP contribution in [-0.2, 0) is 14.9 Å². The van der Waals surface area contributed by atoms with Crippen LogP contribution in [0.5, 0.6) is 0 Å². The van der Waals surface area contributed by atoms with E-state index in [1.165, 1.54) is 19.2 Å². The summed E-state index contributed by atoms with van der Waals surface area (Å²) in [5.41, 5.74) is 7.25. The molecule has 10 heteroatoms. The third-order valence-corrected chi connectivity index (χ3v) is 5.05. The Morgan fingerprint density at radius 2 is 1.83 bits per heavy atom. The minimum Gasteiger partial charge on any atom is -0.350 e. The second kappa shape index (κ2) is 7.02. The topological polar surface area (TPSA) is 110 Å². The number of sulfonamides is 1. The lowest BCUT2D eigenvalue weighted by Gasteiger charge is -2.10. The largest absolute Gasteiger partial charge is 0.404 e. The second-order valence-corrected chi connectivity index (χ2v) is 6.96. The summed E-state index contributed by atoms with van der Waals surface area (Å²) in [5, 5.41) is 2.67. The molecule has 1 aromatic carbocycles. The molecule has 0 bridgehead atoms. The summed E-state index contributed by atoms with van der Waals surface area (Å²) in [6.45, 7) is 3.56. The fourth-order valence-corrected chi connectivity index (χ4v) is 3.68. The average molecular weight is 371 g/mol. The lowest BCUT2D eigenvalue weighted by molar-refractivity contribution is -0.666. The first-order valence-corrected chi connectivity index (χ1v) is 8.63. The maximum absolute atomic E-state index is 12.7. The van der Waals surface area contributed by atoms with Crippen LogP contribution >= 0.6 is 11.6 Å². The smallest absolute Gasteiger partial charge is 0.350 e. The summed E-state index contributed by atoms with van der Waals surface area (Å²) in [6, 6.07) is 7.75. The summed E-state index contributed by atoms with van der Waals surface area (Å²) in [4.78, 5) is 13.1. The Labute approximate surface area is 145 Å². The molecule has 0 atom stereocenters. The Bertz CT molecular complexity index is 879. The van der Waals surface area contributed by atoms with Crippen LogP contribution in [0.3, 0.4) is 0 Å². The molecule has 0 aliphatic heterocycles. The van der Waals surface area contributed by atoms with E-state index in [0.29, 0.717) is 15.5 Å². The Morgan fingerprint density at radius 1 is 1.25 bits per heavy atom. The lowest BCUT2D eigenvalue weighted by Crippen LogP contribution is -2.38. The van der Waals surface area contributed by atoms with Crippen molar-refractivity contribution in [3.05, 3.63) is 46.7 Å². The van der Waals surface area contributed by atoms with Crippen LogP contribution in [0.4, 0.5) is 5.95 Å². The van der Waals surface area contributed by atoms with E-state index in [9.17, 15) is 8.42 Å². The third-order valence-electron chi connectivity index (χ3n) is 2.92. The van der Waals surface area contributed by atoms with E-state index >= 15 is 0 Å². The zero-order valence-electron chi connectivity index (χ0n) is 13.3. The molecule has 0 aliphatic rings. The number of nitrogens with zero attached hydrogens (tertiary/aromatic N) is 3.